The zero-order valence-electron chi connectivity index (χ0n) is 17.2. The van der Waals surface area contributed by atoms with E-state index in [4.69, 9.17) is 0 Å². The van der Waals surface area contributed by atoms with Crippen LogP contribution in [0, 0.1) is 0 Å². The average molecular weight is 459 g/mol. The molecule has 1 aromatic heterocycles. The maximum atomic E-state index is 12.4. The Hall–Kier alpha value is -2.45. The van der Waals surface area contributed by atoms with Gasteiger partial charge in [-0.1, -0.05) is 42.5 Å². The van der Waals surface area contributed by atoms with Crippen LogP contribution in [0.3, 0.4) is 0 Å². The van der Waals surface area contributed by atoms with Gasteiger partial charge < -0.3 is 15.3 Å². The summed E-state index contributed by atoms with van der Waals surface area (Å²) < 4.78 is 5.94. The molecule has 1 amide bonds. The molecule has 0 radical (unpaired) electrons. The molecule has 0 bridgehead atoms. The van der Waals surface area contributed by atoms with Crippen molar-refractivity contribution in [3.05, 3.63) is 71.8 Å². The van der Waals surface area contributed by atoms with Crippen molar-refractivity contribution >= 4 is 45.8 Å². The molecule has 164 valence electrons. The Morgan fingerprint density at radius 2 is 1.65 bits per heavy atom. The minimum absolute atomic E-state index is 0. The van der Waals surface area contributed by atoms with Crippen molar-refractivity contribution in [2.45, 2.75) is 6.54 Å². The number of piperazine rings is 1. The highest BCUT2D eigenvalue weighted by atomic mass is 35.5. The molecular weight excluding hydrogens is 432 g/mol. The van der Waals surface area contributed by atoms with Crippen molar-refractivity contribution in [3.63, 3.8) is 0 Å². The number of carbonyl (C=O) groups excluding carboxylic acids is 1. The molecule has 6 nitrogen and oxygen atoms in total. The lowest BCUT2D eigenvalue weighted by molar-refractivity contribution is 0.0796. The van der Waals surface area contributed by atoms with Gasteiger partial charge in [0.2, 0.25) is 0 Å². The number of carbonyl (C=O) groups is 1. The van der Waals surface area contributed by atoms with Gasteiger partial charge in [0.05, 0.1) is 4.70 Å². The topological polar surface area (TPSA) is 71.2 Å². The molecule has 2 aliphatic rings. The van der Waals surface area contributed by atoms with E-state index in [1.54, 1.807) is 11.5 Å². The van der Waals surface area contributed by atoms with Crippen molar-refractivity contribution in [3.8, 4) is 0 Å². The van der Waals surface area contributed by atoms with Crippen molar-refractivity contribution in [1.82, 2.24) is 14.2 Å². The number of amides is 1. The Morgan fingerprint density at radius 1 is 0.935 bits per heavy atom. The summed E-state index contributed by atoms with van der Waals surface area (Å²) in [6, 6.07) is 16.4. The molecule has 0 unspecified atom stereocenters. The lowest BCUT2D eigenvalue weighted by Crippen LogP contribution is -2.46. The van der Waals surface area contributed by atoms with E-state index in [-0.39, 0.29) is 23.8 Å². The van der Waals surface area contributed by atoms with Crippen molar-refractivity contribution in [2.24, 2.45) is 0 Å². The third-order valence-electron chi connectivity index (χ3n) is 5.78. The molecular formula is C23H27ClN4O2S. The fourth-order valence-corrected chi connectivity index (χ4v) is 4.93. The Kier molecular flexibility index (Phi) is 7.67. The maximum absolute atomic E-state index is 12.4. The molecule has 31 heavy (non-hydrogen) atoms. The normalized spacial score (nSPS) is 16.5. The molecule has 2 aromatic carbocycles. The van der Waals surface area contributed by atoms with Crippen LogP contribution in [0.4, 0.5) is 5.82 Å². The molecule has 2 aliphatic heterocycles. The quantitative estimate of drug-likeness (QED) is 0.550. The van der Waals surface area contributed by atoms with E-state index < -0.39 is 0 Å². The minimum atomic E-state index is 0. The van der Waals surface area contributed by atoms with Gasteiger partial charge in [-0.05, 0) is 35.3 Å². The second kappa shape index (κ2) is 10.2. The molecule has 0 saturated carbocycles. The number of benzene rings is 2. The Balaban J connectivity index is 0.00000136. The van der Waals surface area contributed by atoms with Gasteiger partial charge in [-0.2, -0.15) is 4.37 Å². The molecule has 0 aliphatic carbocycles. The first-order valence-corrected chi connectivity index (χ1v) is 10.9. The van der Waals surface area contributed by atoms with E-state index in [2.05, 4.69) is 50.6 Å². The standard InChI is InChI=1S/C23H24N4OS.ClH.H2O/c28-23-19-8-2-1-7-18(19)17-27(23)12-6-5-11-25-13-15-26(16-14-25)22-20-9-3-4-10-21(20)29-24-22;;/h1-10H,11-17H2;1H;1H2. The molecule has 1 saturated heterocycles. The molecule has 3 aromatic rings. The summed E-state index contributed by atoms with van der Waals surface area (Å²) in [5, 5.41) is 1.27. The van der Waals surface area contributed by atoms with Crippen molar-refractivity contribution in [1.29, 1.82) is 0 Å². The Morgan fingerprint density at radius 3 is 2.45 bits per heavy atom. The second-order valence-electron chi connectivity index (χ2n) is 7.60. The summed E-state index contributed by atoms with van der Waals surface area (Å²) in [6.45, 7) is 6.40. The van der Waals surface area contributed by atoms with Crippen LogP contribution in [0.15, 0.2) is 60.7 Å². The lowest BCUT2D eigenvalue weighted by atomic mass is 10.1. The van der Waals surface area contributed by atoms with E-state index in [9.17, 15) is 4.79 Å². The number of rotatable bonds is 5. The number of aromatic nitrogens is 1. The molecule has 5 rings (SSSR count). The largest absolute Gasteiger partial charge is 0.412 e. The van der Waals surface area contributed by atoms with Gasteiger partial charge in [-0.25, -0.2) is 0 Å². The highest BCUT2D eigenvalue weighted by Crippen LogP contribution is 2.29. The van der Waals surface area contributed by atoms with Crippen LogP contribution in [0.25, 0.3) is 10.1 Å². The van der Waals surface area contributed by atoms with Crippen LogP contribution in [0.5, 0.6) is 0 Å². The Labute approximate surface area is 192 Å². The van der Waals surface area contributed by atoms with Gasteiger partial charge in [-0.3, -0.25) is 9.69 Å². The van der Waals surface area contributed by atoms with Gasteiger partial charge >= 0.3 is 0 Å². The van der Waals surface area contributed by atoms with Crippen LogP contribution >= 0.6 is 23.9 Å². The summed E-state index contributed by atoms with van der Waals surface area (Å²) >= 11 is 1.58. The summed E-state index contributed by atoms with van der Waals surface area (Å²) in [5.74, 6) is 1.28. The van der Waals surface area contributed by atoms with Crippen molar-refractivity contribution < 1.29 is 10.3 Å². The summed E-state index contributed by atoms with van der Waals surface area (Å²) in [4.78, 5) is 19.2. The predicted octanol–water partition coefficient (Wildman–Crippen LogP) is 3.23. The first kappa shape index (κ1) is 23.2. The first-order valence-electron chi connectivity index (χ1n) is 10.1. The molecule has 0 spiro atoms. The third-order valence-corrected chi connectivity index (χ3v) is 6.60. The summed E-state index contributed by atoms with van der Waals surface area (Å²) in [7, 11) is 0. The van der Waals surface area contributed by atoms with Crippen LogP contribution in [-0.2, 0) is 6.54 Å². The molecule has 3 heterocycles. The molecule has 1 fully saturated rings. The lowest BCUT2D eigenvalue weighted by Gasteiger charge is -2.34. The molecule has 8 heteroatoms. The van der Waals surface area contributed by atoms with E-state index >= 15 is 0 Å². The average Bonchev–Trinajstić information content (AvgIpc) is 3.33. The van der Waals surface area contributed by atoms with E-state index in [0.29, 0.717) is 6.54 Å². The van der Waals surface area contributed by atoms with Crippen LogP contribution in [-0.4, -0.2) is 64.8 Å². The van der Waals surface area contributed by atoms with E-state index in [1.807, 2.05) is 29.2 Å². The summed E-state index contributed by atoms with van der Waals surface area (Å²) in [5.41, 5.74) is 1.99. The van der Waals surface area contributed by atoms with Gasteiger partial charge in [-0.15, -0.1) is 12.4 Å². The first-order chi connectivity index (χ1) is 14.3. The fraction of sp³-hybridized carbons (Fsp3) is 0.304. The van der Waals surface area contributed by atoms with Crippen molar-refractivity contribution in [2.75, 3.05) is 44.2 Å². The highest BCUT2D eigenvalue weighted by molar-refractivity contribution is 7.13. The van der Waals surface area contributed by atoms with Crippen LogP contribution in [0.2, 0.25) is 0 Å². The number of anilines is 1. The highest BCUT2D eigenvalue weighted by Gasteiger charge is 2.25. The minimum Gasteiger partial charge on any atom is -0.412 e. The van der Waals surface area contributed by atoms with Gasteiger partial charge in [0.25, 0.3) is 5.91 Å². The zero-order chi connectivity index (χ0) is 19.6. The van der Waals surface area contributed by atoms with Gasteiger partial charge in [0, 0.05) is 56.8 Å². The van der Waals surface area contributed by atoms with Gasteiger partial charge in [0.15, 0.2) is 0 Å². The van der Waals surface area contributed by atoms with E-state index in [1.165, 1.54) is 10.1 Å². The maximum Gasteiger partial charge on any atom is 0.254 e. The number of hydrogen-bond donors (Lipinski definition) is 0. The zero-order valence-corrected chi connectivity index (χ0v) is 18.9. The fourth-order valence-electron chi connectivity index (χ4n) is 4.13. The monoisotopic (exact) mass is 458 g/mol. The predicted molar refractivity (Wildman–Crippen MR) is 129 cm³/mol. The SMILES string of the molecule is Cl.O.O=C1c2ccccc2CN1CC=CCN1CCN(c2nsc3ccccc23)CC1. The Bertz CT molecular complexity index is 1060. The van der Waals surface area contributed by atoms with Crippen LogP contribution in [0.1, 0.15) is 15.9 Å². The number of halogens is 1. The van der Waals surface area contributed by atoms with E-state index in [0.717, 1.165) is 56.2 Å². The smallest absolute Gasteiger partial charge is 0.254 e. The third kappa shape index (κ3) is 4.75. The molecule has 0 atom stereocenters. The van der Waals surface area contributed by atoms with Crippen LogP contribution < -0.4 is 4.90 Å². The number of nitrogens with zero attached hydrogens (tertiary/aromatic N) is 4. The number of hydrogen-bond acceptors (Lipinski definition) is 5. The summed E-state index contributed by atoms with van der Waals surface area (Å²) in [6.07, 6.45) is 4.33. The number of fused-ring (bicyclic) bond motifs is 2. The van der Waals surface area contributed by atoms with Gasteiger partial charge in [0.1, 0.15) is 5.82 Å². The molecule has 2 N–H and O–H groups in total. The second-order valence-corrected chi connectivity index (χ2v) is 8.41.